The van der Waals surface area contributed by atoms with Crippen molar-refractivity contribution in [2.24, 2.45) is 0 Å². The van der Waals surface area contributed by atoms with Gasteiger partial charge >= 0.3 is 0 Å². The number of ether oxygens (including phenoxy) is 1. The zero-order chi connectivity index (χ0) is 15.5. The number of nitrogens with two attached hydrogens (primary N) is 1. The smallest absolute Gasteiger partial charge is 0.141 e. The van der Waals surface area contributed by atoms with Crippen LogP contribution >= 0.6 is 0 Å². The number of carbonyl (C=O) groups excluding carboxylic acids is 1. The third kappa shape index (κ3) is 2.78. The van der Waals surface area contributed by atoms with E-state index in [1.165, 1.54) is 6.33 Å². The van der Waals surface area contributed by atoms with E-state index in [9.17, 15) is 4.79 Å². The van der Waals surface area contributed by atoms with Gasteiger partial charge in [0, 0.05) is 32.1 Å². The molecule has 3 N–H and O–H groups in total. The van der Waals surface area contributed by atoms with Crippen LogP contribution in [0, 0.1) is 0 Å². The van der Waals surface area contributed by atoms with Crippen molar-refractivity contribution in [1.82, 2.24) is 20.2 Å². The Morgan fingerprint density at radius 1 is 1.50 bits per heavy atom. The average molecular weight is 301 g/mol. The summed E-state index contributed by atoms with van der Waals surface area (Å²) < 4.78 is 5.33. The molecule has 7 heteroatoms. The number of aldehydes is 1. The van der Waals surface area contributed by atoms with Gasteiger partial charge in [0.2, 0.25) is 0 Å². The summed E-state index contributed by atoms with van der Waals surface area (Å²) in [5.74, 6) is 0.476. The number of anilines is 1. The average Bonchev–Trinajstić information content (AvgIpc) is 2.54. The molecule has 0 radical (unpaired) electrons. The van der Waals surface area contributed by atoms with Crippen LogP contribution in [0.4, 0.5) is 5.82 Å². The fraction of sp³-hybridized carbons (Fsp3) is 0.400. The maximum atomic E-state index is 11.4. The lowest BCUT2D eigenvalue weighted by molar-refractivity contribution is -0.121. The molecule has 0 amide bonds. The van der Waals surface area contributed by atoms with E-state index in [0.717, 1.165) is 35.8 Å². The molecule has 1 aliphatic rings. The zero-order valence-electron chi connectivity index (χ0n) is 12.4. The van der Waals surface area contributed by atoms with E-state index in [1.54, 1.807) is 7.11 Å². The molecule has 0 saturated carbocycles. The topological polar surface area (TPSA) is 93.4 Å². The SMILES string of the molecule is COC1NCCN(Cc2ccc3c(N)ncnc3c2)C1C=O. The van der Waals surface area contributed by atoms with Gasteiger partial charge in [0.1, 0.15) is 30.7 Å². The molecule has 1 aliphatic heterocycles. The number of nitrogens with zero attached hydrogens (tertiary/aromatic N) is 3. The minimum atomic E-state index is -0.301. The minimum Gasteiger partial charge on any atom is -0.383 e. The van der Waals surface area contributed by atoms with E-state index in [4.69, 9.17) is 10.5 Å². The van der Waals surface area contributed by atoms with E-state index in [2.05, 4.69) is 20.2 Å². The van der Waals surface area contributed by atoms with Crippen LogP contribution in [0.1, 0.15) is 5.56 Å². The van der Waals surface area contributed by atoms with Crippen molar-refractivity contribution in [3.63, 3.8) is 0 Å². The first-order valence-corrected chi connectivity index (χ1v) is 7.17. The number of carbonyl (C=O) groups is 1. The second kappa shape index (κ2) is 6.35. The number of piperazine rings is 1. The summed E-state index contributed by atoms with van der Waals surface area (Å²) in [6.07, 6.45) is 2.12. The summed E-state index contributed by atoms with van der Waals surface area (Å²) in [5, 5.41) is 4.03. The van der Waals surface area contributed by atoms with Crippen molar-refractivity contribution < 1.29 is 9.53 Å². The molecule has 0 spiro atoms. The molecule has 1 aromatic carbocycles. The van der Waals surface area contributed by atoms with Gasteiger partial charge in [-0.2, -0.15) is 0 Å². The van der Waals surface area contributed by atoms with Crippen LogP contribution in [0.2, 0.25) is 0 Å². The predicted octanol–water partition coefficient (Wildman–Crippen LogP) is 0.157. The Kier molecular flexibility index (Phi) is 4.28. The summed E-state index contributed by atoms with van der Waals surface area (Å²) in [7, 11) is 1.60. The van der Waals surface area contributed by atoms with E-state index >= 15 is 0 Å². The fourth-order valence-electron chi connectivity index (χ4n) is 2.83. The molecule has 1 aromatic heterocycles. The molecule has 2 aromatic rings. The van der Waals surface area contributed by atoms with Gasteiger partial charge in [-0.25, -0.2) is 9.97 Å². The molecule has 1 fully saturated rings. The Morgan fingerprint density at radius 2 is 2.36 bits per heavy atom. The lowest BCUT2D eigenvalue weighted by Gasteiger charge is -2.38. The number of nitrogen functional groups attached to an aromatic ring is 1. The molecular weight excluding hydrogens is 282 g/mol. The molecule has 0 bridgehead atoms. The number of methoxy groups -OCH3 is 1. The van der Waals surface area contributed by atoms with E-state index < -0.39 is 0 Å². The van der Waals surface area contributed by atoms with Gasteiger partial charge in [-0.05, 0) is 17.7 Å². The second-order valence-electron chi connectivity index (χ2n) is 5.32. The third-order valence-corrected chi connectivity index (χ3v) is 3.99. The summed E-state index contributed by atoms with van der Waals surface area (Å²) in [6, 6.07) is 5.60. The molecule has 1 saturated heterocycles. The Bertz CT molecular complexity index is 678. The van der Waals surface area contributed by atoms with E-state index in [0.29, 0.717) is 12.4 Å². The normalized spacial score (nSPS) is 22.8. The van der Waals surface area contributed by atoms with Crippen molar-refractivity contribution in [1.29, 1.82) is 0 Å². The lowest BCUT2D eigenvalue weighted by Crippen LogP contribution is -2.58. The van der Waals surface area contributed by atoms with Crippen LogP contribution in [-0.4, -0.2) is 53.6 Å². The molecular formula is C15H19N5O2. The van der Waals surface area contributed by atoms with Gasteiger partial charge in [0.15, 0.2) is 0 Å². The second-order valence-corrected chi connectivity index (χ2v) is 5.32. The molecule has 7 nitrogen and oxygen atoms in total. The fourth-order valence-corrected chi connectivity index (χ4v) is 2.83. The monoisotopic (exact) mass is 301 g/mol. The number of rotatable bonds is 4. The first-order chi connectivity index (χ1) is 10.7. The summed E-state index contributed by atoms with van der Waals surface area (Å²) in [4.78, 5) is 21.7. The molecule has 2 heterocycles. The number of benzene rings is 1. The Labute approximate surface area is 128 Å². The van der Waals surface area contributed by atoms with Crippen LogP contribution in [-0.2, 0) is 16.1 Å². The van der Waals surface area contributed by atoms with Crippen LogP contribution in [0.3, 0.4) is 0 Å². The summed E-state index contributed by atoms with van der Waals surface area (Å²) in [5.41, 5.74) is 7.73. The number of aromatic nitrogens is 2. The molecule has 0 aliphatic carbocycles. The highest BCUT2D eigenvalue weighted by Gasteiger charge is 2.30. The van der Waals surface area contributed by atoms with Crippen molar-refractivity contribution >= 4 is 23.0 Å². The highest BCUT2D eigenvalue weighted by Crippen LogP contribution is 2.20. The Morgan fingerprint density at radius 3 is 3.14 bits per heavy atom. The first kappa shape index (κ1) is 14.8. The minimum absolute atomic E-state index is 0.273. The van der Waals surface area contributed by atoms with Gasteiger partial charge in [0.25, 0.3) is 0 Å². The first-order valence-electron chi connectivity index (χ1n) is 7.17. The molecule has 22 heavy (non-hydrogen) atoms. The van der Waals surface area contributed by atoms with Crippen LogP contribution < -0.4 is 11.1 Å². The Hall–Kier alpha value is -2.09. The number of nitrogens with one attached hydrogen (secondary N) is 1. The van der Waals surface area contributed by atoms with Crippen molar-refractivity contribution in [3.8, 4) is 0 Å². The molecule has 116 valence electrons. The molecule has 2 atom stereocenters. The highest BCUT2D eigenvalue weighted by molar-refractivity contribution is 5.88. The largest absolute Gasteiger partial charge is 0.383 e. The van der Waals surface area contributed by atoms with Gasteiger partial charge in [0.05, 0.1) is 5.52 Å². The van der Waals surface area contributed by atoms with Crippen molar-refractivity contribution in [3.05, 3.63) is 30.1 Å². The predicted molar refractivity (Wildman–Crippen MR) is 83.0 cm³/mol. The Balaban J connectivity index is 1.84. The van der Waals surface area contributed by atoms with Crippen molar-refractivity contribution in [2.45, 2.75) is 18.8 Å². The van der Waals surface area contributed by atoms with Crippen LogP contribution in [0.25, 0.3) is 10.9 Å². The number of fused-ring (bicyclic) bond motifs is 1. The van der Waals surface area contributed by atoms with E-state index in [1.807, 2.05) is 18.2 Å². The van der Waals surface area contributed by atoms with Crippen molar-refractivity contribution in [2.75, 3.05) is 25.9 Å². The van der Waals surface area contributed by atoms with Gasteiger partial charge in [-0.3, -0.25) is 10.2 Å². The maximum absolute atomic E-state index is 11.4. The maximum Gasteiger partial charge on any atom is 0.141 e. The van der Waals surface area contributed by atoms with Gasteiger partial charge in [-0.1, -0.05) is 6.07 Å². The molecule has 3 rings (SSSR count). The lowest BCUT2D eigenvalue weighted by atomic mass is 10.1. The van der Waals surface area contributed by atoms with E-state index in [-0.39, 0.29) is 12.3 Å². The van der Waals surface area contributed by atoms with Crippen LogP contribution in [0.5, 0.6) is 0 Å². The number of hydrogen-bond donors (Lipinski definition) is 2. The number of hydrogen-bond acceptors (Lipinski definition) is 7. The van der Waals surface area contributed by atoms with Gasteiger partial charge in [-0.15, -0.1) is 0 Å². The summed E-state index contributed by atoms with van der Waals surface area (Å²) in [6.45, 7) is 2.23. The van der Waals surface area contributed by atoms with Crippen LogP contribution in [0.15, 0.2) is 24.5 Å². The van der Waals surface area contributed by atoms with Gasteiger partial charge < -0.3 is 15.3 Å². The highest BCUT2D eigenvalue weighted by atomic mass is 16.5. The standard InChI is InChI=1S/C15H19N5O2/c1-22-15-13(8-21)20(5-4-17-15)7-10-2-3-11-12(6-10)18-9-19-14(11)16/h2-3,6,8-9,13,15,17H,4-5,7H2,1H3,(H2,16,18,19). The molecule has 2 unspecified atom stereocenters. The summed E-state index contributed by atoms with van der Waals surface area (Å²) >= 11 is 0. The zero-order valence-corrected chi connectivity index (χ0v) is 12.4. The quantitative estimate of drug-likeness (QED) is 0.777. The third-order valence-electron chi connectivity index (χ3n) is 3.99.